The average molecular weight is 1300 g/mol. The summed E-state index contributed by atoms with van der Waals surface area (Å²) in [5.74, 6) is 0. The van der Waals surface area contributed by atoms with Gasteiger partial charge in [-0.3, -0.25) is 15.0 Å². The monoisotopic (exact) mass is 1300 g/mol. The molecule has 0 aliphatic rings. The van der Waals surface area contributed by atoms with Crippen LogP contribution in [0.25, 0.3) is 167 Å². The van der Waals surface area contributed by atoms with Gasteiger partial charge in [0.15, 0.2) is 0 Å². The van der Waals surface area contributed by atoms with E-state index < -0.39 is 0 Å². The predicted octanol–water partition coefficient (Wildman–Crippen LogP) is 26.6. The van der Waals surface area contributed by atoms with Crippen molar-refractivity contribution in [3.8, 4) is 167 Å². The van der Waals surface area contributed by atoms with E-state index in [-0.39, 0.29) is 0 Å². The summed E-state index contributed by atoms with van der Waals surface area (Å²) >= 11 is 0. The Morgan fingerprint density at radius 3 is 0.529 bits per heavy atom. The average Bonchev–Trinajstić information content (AvgIpc) is 0.813. The van der Waals surface area contributed by atoms with E-state index in [9.17, 15) is 0 Å². The molecule has 102 heavy (non-hydrogen) atoms. The van der Waals surface area contributed by atoms with Crippen molar-refractivity contribution < 1.29 is 0 Å². The van der Waals surface area contributed by atoms with E-state index in [1.807, 2.05) is 43.2 Å². The lowest BCUT2D eigenvalue weighted by Crippen LogP contribution is -1.88. The SMILES string of the molecule is c1ccc(-c2cc(-c3ccccc3)cc(-c3ccc(-c4cccc(-c5cccc(-c6cc(-c7ccncc7)cc(-c7ccncc7)c6)c5)c4)cc3)c2)cc1.c1ccc(-c2ccc(-c3cccc(-c4cccc(-c5cccc(-c6cc(-c7ccccc7)cc(-c7cccnc7)c6)c5)c4)c3)cc2)cc1. The third-order valence-corrected chi connectivity index (χ3v) is 19.0. The molecular formula is C99H69N3. The summed E-state index contributed by atoms with van der Waals surface area (Å²) in [6, 6.07) is 137. The third kappa shape index (κ3) is 14.6. The molecule has 0 N–H and O–H groups in total. The number of benzene rings is 14. The molecular weight excluding hydrogens is 1230 g/mol. The second-order valence-electron chi connectivity index (χ2n) is 25.6. The fraction of sp³-hybridized carbons (Fsp3) is 0. The minimum Gasteiger partial charge on any atom is -0.265 e. The first-order valence-electron chi connectivity index (χ1n) is 34.6. The van der Waals surface area contributed by atoms with Crippen LogP contribution in [-0.2, 0) is 0 Å². The Morgan fingerprint density at radius 2 is 0.265 bits per heavy atom. The van der Waals surface area contributed by atoms with Crippen LogP contribution in [0.3, 0.4) is 0 Å². The zero-order chi connectivity index (χ0) is 68.2. The van der Waals surface area contributed by atoms with Gasteiger partial charge in [0.05, 0.1) is 0 Å². The lowest BCUT2D eigenvalue weighted by Gasteiger charge is -2.13. The number of nitrogens with zero attached hydrogens (tertiary/aromatic N) is 3. The van der Waals surface area contributed by atoms with Crippen LogP contribution in [0, 0.1) is 0 Å². The fourth-order valence-electron chi connectivity index (χ4n) is 13.6. The molecule has 3 heterocycles. The number of pyridine rings is 3. The van der Waals surface area contributed by atoms with E-state index >= 15 is 0 Å². The molecule has 14 aromatic carbocycles. The van der Waals surface area contributed by atoms with Crippen molar-refractivity contribution in [2.24, 2.45) is 0 Å². The lowest BCUT2D eigenvalue weighted by molar-refractivity contribution is 1.33. The van der Waals surface area contributed by atoms with Gasteiger partial charge in [-0.15, -0.1) is 0 Å². The van der Waals surface area contributed by atoms with Crippen LogP contribution in [0.5, 0.6) is 0 Å². The first-order chi connectivity index (χ1) is 50.5. The Kier molecular flexibility index (Phi) is 18.4. The van der Waals surface area contributed by atoms with Crippen molar-refractivity contribution in [1.29, 1.82) is 0 Å². The summed E-state index contributed by atoms with van der Waals surface area (Å²) < 4.78 is 0. The van der Waals surface area contributed by atoms with E-state index in [4.69, 9.17) is 0 Å². The van der Waals surface area contributed by atoms with Gasteiger partial charge in [0.1, 0.15) is 0 Å². The Bertz CT molecular complexity index is 5510. The molecule has 0 spiro atoms. The van der Waals surface area contributed by atoms with E-state index in [2.05, 4.69) is 391 Å². The van der Waals surface area contributed by atoms with Crippen molar-refractivity contribution in [3.63, 3.8) is 0 Å². The summed E-state index contributed by atoms with van der Waals surface area (Å²) in [6.07, 6.45) is 11.1. The molecule has 17 aromatic rings. The highest BCUT2D eigenvalue weighted by Crippen LogP contribution is 2.40. The van der Waals surface area contributed by atoms with E-state index in [0.717, 1.165) is 38.9 Å². The molecule has 3 nitrogen and oxygen atoms in total. The molecule has 0 fully saturated rings. The first-order valence-corrected chi connectivity index (χ1v) is 34.6. The van der Waals surface area contributed by atoms with Gasteiger partial charge in [0.25, 0.3) is 0 Å². The minimum absolute atomic E-state index is 1.11. The molecule has 480 valence electrons. The highest BCUT2D eigenvalue weighted by atomic mass is 14.6. The molecule has 17 rings (SSSR count). The molecule has 3 heteroatoms. The highest BCUT2D eigenvalue weighted by Gasteiger charge is 2.15. The Labute approximate surface area is 597 Å². The first kappa shape index (κ1) is 63.3. The molecule has 0 radical (unpaired) electrons. The predicted molar refractivity (Wildman–Crippen MR) is 428 cm³/mol. The second kappa shape index (κ2) is 29.7. The topological polar surface area (TPSA) is 38.7 Å². The Hall–Kier alpha value is -13.5. The molecule has 0 unspecified atom stereocenters. The number of rotatable bonds is 15. The summed E-state index contributed by atoms with van der Waals surface area (Å²) in [7, 11) is 0. The second-order valence-corrected chi connectivity index (χ2v) is 25.6. The van der Waals surface area contributed by atoms with Gasteiger partial charge >= 0.3 is 0 Å². The molecule has 0 aliphatic heterocycles. The van der Waals surface area contributed by atoms with Crippen molar-refractivity contribution in [2.75, 3.05) is 0 Å². The standard InChI is InChI=1S/C52H36N2.C47H33N/c1-3-9-37(10-4-1)47-31-48(38-11-5-2-6-12-38)33-49(32-47)40-19-17-39(18-20-40)43-13-7-14-44(29-43)45-15-8-16-46(30-45)52-35-50(41-21-25-53-26-22-41)34-51(36-52)42-23-27-54-28-24-42;1-3-11-34(12-4-1)36-22-24-37(25-23-36)38-15-7-16-39(27-38)40-17-8-18-41(28-40)42-19-9-20-43(29-42)46-30-45(35-13-5-2-6-14-35)31-47(32-46)44-21-10-26-48-33-44/h1-36H;1-33H. The number of aromatic nitrogens is 3. The van der Waals surface area contributed by atoms with Crippen molar-refractivity contribution >= 4 is 0 Å². The molecule has 0 amide bonds. The smallest absolute Gasteiger partial charge is 0.0346 e. The summed E-state index contributed by atoms with van der Waals surface area (Å²) in [5.41, 5.74) is 35.6. The maximum Gasteiger partial charge on any atom is 0.0346 e. The summed E-state index contributed by atoms with van der Waals surface area (Å²) in [5, 5.41) is 0. The quantitative estimate of drug-likeness (QED) is 0.103. The normalized spacial score (nSPS) is 10.9. The van der Waals surface area contributed by atoms with E-state index in [1.165, 1.54) is 128 Å². The maximum absolute atomic E-state index is 4.39. The largest absolute Gasteiger partial charge is 0.265 e. The van der Waals surface area contributed by atoms with Crippen LogP contribution < -0.4 is 0 Å². The van der Waals surface area contributed by atoms with Crippen molar-refractivity contribution in [2.45, 2.75) is 0 Å². The molecule has 0 aliphatic carbocycles. The zero-order valence-corrected chi connectivity index (χ0v) is 56.2. The van der Waals surface area contributed by atoms with Gasteiger partial charge in [-0.2, -0.15) is 0 Å². The van der Waals surface area contributed by atoms with Crippen LogP contribution in [0.2, 0.25) is 0 Å². The Balaban J connectivity index is 0.000000159. The van der Waals surface area contributed by atoms with Crippen LogP contribution in [0.1, 0.15) is 0 Å². The summed E-state index contributed by atoms with van der Waals surface area (Å²) in [6.45, 7) is 0. The van der Waals surface area contributed by atoms with E-state index in [0.29, 0.717) is 0 Å². The van der Waals surface area contributed by atoms with Crippen LogP contribution in [0.4, 0.5) is 0 Å². The number of hydrogen-bond acceptors (Lipinski definition) is 3. The molecule has 0 saturated carbocycles. The van der Waals surface area contributed by atoms with Gasteiger partial charge in [-0.05, 0) is 277 Å². The van der Waals surface area contributed by atoms with Gasteiger partial charge in [0.2, 0.25) is 0 Å². The fourth-order valence-corrected chi connectivity index (χ4v) is 13.6. The number of hydrogen-bond donors (Lipinski definition) is 0. The van der Waals surface area contributed by atoms with Crippen LogP contribution in [-0.4, -0.2) is 15.0 Å². The third-order valence-electron chi connectivity index (χ3n) is 19.0. The van der Waals surface area contributed by atoms with Gasteiger partial charge in [-0.1, -0.05) is 267 Å². The highest BCUT2D eigenvalue weighted by molar-refractivity contribution is 5.88. The Morgan fingerprint density at radius 1 is 0.0980 bits per heavy atom. The molecule has 0 atom stereocenters. The van der Waals surface area contributed by atoms with Gasteiger partial charge in [-0.25, -0.2) is 0 Å². The van der Waals surface area contributed by atoms with Gasteiger partial charge < -0.3 is 0 Å². The summed E-state index contributed by atoms with van der Waals surface area (Å²) in [4.78, 5) is 12.9. The van der Waals surface area contributed by atoms with Crippen molar-refractivity contribution in [1.82, 2.24) is 15.0 Å². The van der Waals surface area contributed by atoms with E-state index in [1.54, 1.807) is 0 Å². The van der Waals surface area contributed by atoms with Crippen LogP contribution in [0.15, 0.2) is 419 Å². The minimum atomic E-state index is 1.11. The molecule has 0 bridgehead atoms. The lowest BCUT2D eigenvalue weighted by atomic mass is 9.91. The maximum atomic E-state index is 4.39. The molecule has 3 aromatic heterocycles. The van der Waals surface area contributed by atoms with Gasteiger partial charge in [0, 0.05) is 42.7 Å². The zero-order valence-electron chi connectivity index (χ0n) is 56.2. The molecule has 0 saturated heterocycles. The van der Waals surface area contributed by atoms with Crippen LogP contribution >= 0.6 is 0 Å². The van der Waals surface area contributed by atoms with Crippen molar-refractivity contribution in [3.05, 3.63) is 419 Å².